The van der Waals surface area contributed by atoms with Gasteiger partial charge in [-0.2, -0.15) is 0 Å². The van der Waals surface area contributed by atoms with Crippen LogP contribution in [0.25, 0.3) is 0 Å². The van der Waals surface area contributed by atoms with Crippen LogP contribution in [0.2, 0.25) is 0 Å². The summed E-state index contributed by atoms with van der Waals surface area (Å²) < 4.78 is 23.7. The first-order valence-electron chi connectivity index (χ1n) is 11.0. The molecule has 0 unspecified atom stereocenters. The van der Waals surface area contributed by atoms with Gasteiger partial charge in [0.05, 0.1) is 19.8 Å². The molecule has 2 aromatic rings. The zero-order chi connectivity index (χ0) is 23.2. The normalized spacial score (nSPS) is 23.7. The van der Waals surface area contributed by atoms with Crippen LogP contribution in [0.1, 0.15) is 38.8 Å². The smallest absolute Gasteiger partial charge is 0.190 e. The fourth-order valence-corrected chi connectivity index (χ4v) is 3.37. The fraction of sp³-hybridized carbons (Fsp3) is 0.500. The standard InChI is InChI=1S/C26H34O6/c1-25(2,3)26(4)31-17-21(27)24(32-26)23(28)22(30-16-20-13-9-6-10-14-20)18-29-15-19-11-7-5-8-12-19/h5-14,22-24,28H,15-18H2,1-4H3/t22-,23-,24+,26+/m1/s1. The minimum Gasteiger partial charge on any atom is -0.387 e. The quantitative estimate of drug-likeness (QED) is 0.635. The predicted octanol–water partition coefficient (Wildman–Crippen LogP) is 3.90. The molecule has 0 aliphatic carbocycles. The highest BCUT2D eigenvalue weighted by Crippen LogP contribution is 2.39. The van der Waals surface area contributed by atoms with Gasteiger partial charge in [-0.3, -0.25) is 4.79 Å². The third-order valence-corrected chi connectivity index (χ3v) is 5.91. The van der Waals surface area contributed by atoms with Crippen LogP contribution in [0.5, 0.6) is 0 Å². The van der Waals surface area contributed by atoms with E-state index in [1.165, 1.54) is 0 Å². The Morgan fingerprint density at radius 2 is 1.59 bits per heavy atom. The highest BCUT2D eigenvalue weighted by molar-refractivity contribution is 5.85. The van der Waals surface area contributed by atoms with Crippen molar-refractivity contribution in [2.45, 2.75) is 65.0 Å². The van der Waals surface area contributed by atoms with E-state index in [4.69, 9.17) is 18.9 Å². The largest absolute Gasteiger partial charge is 0.387 e. The Hall–Kier alpha value is -2.09. The lowest BCUT2D eigenvalue weighted by atomic mass is 9.85. The summed E-state index contributed by atoms with van der Waals surface area (Å²) in [6.45, 7) is 8.36. The number of carbonyl (C=O) groups excluding carboxylic acids is 1. The molecule has 0 radical (unpaired) electrons. The van der Waals surface area contributed by atoms with Gasteiger partial charge in [0, 0.05) is 5.41 Å². The molecule has 32 heavy (non-hydrogen) atoms. The van der Waals surface area contributed by atoms with Crippen LogP contribution in [-0.2, 0) is 37.0 Å². The van der Waals surface area contributed by atoms with Crippen molar-refractivity contribution in [3.8, 4) is 0 Å². The van der Waals surface area contributed by atoms with E-state index in [0.29, 0.717) is 6.61 Å². The molecular weight excluding hydrogens is 408 g/mol. The molecule has 6 heteroatoms. The first-order chi connectivity index (χ1) is 15.2. The molecule has 1 fully saturated rings. The number of aliphatic hydroxyl groups excluding tert-OH is 1. The number of hydrogen-bond acceptors (Lipinski definition) is 6. The van der Waals surface area contributed by atoms with Crippen LogP contribution >= 0.6 is 0 Å². The van der Waals surface area contributed by atoms with Crippen LogP contribution in [0, 0.1) is 5.41 Å². The second-order valence-corrected chi connectivity index (χ2v) is 9.32. The molecule has 2 aromatic carbocycles. The van der Waals surface area contributed by atoms with Crippen molar-refractivity contribution in [3.05, 3.63) is 71.8 Å². The Kier molecular flexibility index (Phi) is 8.20. The predicted molar refractivity (Wildman–Crippen MR) is 121 cm³/mol. The van der Waals surface area contributed by atoms with E-state index in [-0.39, 0.29) is 25.6 Å². The lowest BCUT2D eigenvalue weighted by Crippen LogP contribution is -2.60. The van der Waals surface area contributed by atoms with E-state index in [0.717, 1.165) is 11.1 Å². The molecule has 0 bridgehead atoms. The highest BCUT2D eigenvalue weighted by Gasteiger charge is 2.50. The molecule has 4 atom stereocenters. The number of carbonyl (C=O) groups is 1. The van der Waals surface area contributed by atoms with Gasteiger partial charge in [-0.15, -0.1) is 0 Å². The molecule has 0 saturated carbocycles. The summed E-state index contributed by atoms with van der Waals surface area (Å²) in [5.74, 6) is -1.32. The average molecular weight is 443 g/mol. The SMILES string of the molecule is CC(C)(C)[C@@]1(C)OCC(=O)[C@@H]([C@H](O)[C@@H](COCc2ccccc2)OCc2ccccc2)O1. The van der Waals surface area contributed by atoms with Crippen molar-refractivity contribution in [1.82, 2.24) is 0 Å². The Labute approximate surface area is 190 Å². The van der Waals surface area contributed by atoms with E-state index >= 15 is 0 Å². The topological polar surface area (TPSA) is 74.2 Å². The third-order valence-electron chi connectivity index (χ3n) is 5.91. The van der Waals surface area contributed by atoms with Gasteiger partial charge in [0.1, 0.15) is 24.9 Å². The molecule has 6 nitrogen and oxygen atoms in total. The number of ketones is 1. The van der Waals surface area contributed by atoms with Crippen LogP contribution in [0.3, 0.4) is 0 Å². The van der Waals surface area contributed by atoms with Crippen LogP contribution in [0.15, 0.2) is 60.7 Å². The van der Waals surface area contributed by atoms with Gasteiger partial charge in [-0.1, -0.05) is 81.4 Å². The summed E-state index contributed by atoms with van der Waals surface area (Å²) >= 11 is 0. The molecule has 1 saturated heterocycles. The summed E-state index contributed by atoms with van der Waals surface area (Å²) in [6, 6.07) is 19.4. The Bertz CT molecular complexity index is 848. The first-order valence-corrected chi connectivity index (χ1v) is 11.0. The lowest BCUT2D eigenvalue weighted by molar-refractivity contribution is -0.323. The minimum atomic E-state index is -1.20. The molecule has 3 rings (SSSR count). The van der Waals surface area contributed by atoms with Gasteiger partial charge < -0.3 is 24.1 Å². The molecule has 174 valence electrons. The van der Waals surface area contributed by atoms with Gasteiger partial charge >= 0.3 is 0 Å². The second-order valence-electron chi connectivity index (χ2n) is 9.32. The van der Waals surface area contributed by atoms with E-state index < -0.39 is 29.5 Å². The molecule has 1 aliphatic rings. The van der Waals surface area contributed by atoms with Gasteiger partial charge in [0.2, 0.25) is 0 Å². The van der Waals surface area contributed by atoms with Crippen molar-refractivity contribution in [1.29, 1.82) is 0 Å². The van der Waals surface area contributed by atoms with Gasteiger partial charge in [-0.25, -0.2) is 0 Å². The fourth-order valence-electron chi connectivity index (χ4n) is 3.37. The maximum absolute atomic E-state index is 12.6. The molecular formula is C26H34O6. The number of rotatable bonds is 9. The zero-order valence-corrected chi connectivity index (χ0v) is 19.3. The summed E-state index contributed by atoms with van der Waals surface area (Å²) in [4.78, 5) is 12.6. The highest BCUT2D eigenvalue weighted by atomic mass is 16.7. The van der Waals surface area contributed by atoms with Gasteiger partial charge in [-0.05, 0) is 18.1 Å². The van der Waals surface area contributed by atoms with Gasteiger partial charge in [0.25, 0.3) is 0 Å². The molecule has 1 N–H and O–H groups in total. The molecule has 1 aliphatic heterocycles. The average Bonchev–Trinajstić information content (AvgIpc) is 2.78. The molecule has 0 aromatic heterocycles. The van der Waals surface area contributed by atoms with Crippen molar-refractivity contribution in [2.24, 2.45) is 5.41 Å². The molecule has 1 heterocycles. The minimum absolute atomic E-state index is 0.114. The third kappa shape index (κ3) is 6.24. The summed E-state index contributed by atoms with van der Waals surface area (Å²) in [5, 5.41) is 11.2. The van der Waals surface area contributed by atoms with Crippen molar-refractivity contribution in [2.75, 3.05) is 13.2 Å². The monoisotopic (exact) mass is 442 g/mol. The van der Waals surface area contributed by atoms with Crippen LogP contribution < -0.4 is 0 Å². The van der Waals surface area contributed by atoms with Crippen molar-refractivity contribution < 1.29 is 28.8 Å². The summed E-state index contributed by atoms with van der Waals surface area (Å²) in [6.07, 6.45) is -3.02. The van der Waals surface area contributed by atoms with E-state index in [9.17, 15) is 9.90 Å². The maximum Gasteiger partial charge on any atom is 0.190 e. The van der Waals surface area contributed by atoms with E-state index in [1.807, 2.05) is 81.4 Å². The number of hydrogen-bond donors (Lipinski definition) is 1. The summed E-state index contributed by atoms with van der Waals surface area (Å²) in [5.41, 5.74) is 1.59. The maximum atomic E-state index is 12.6. The lowest BCUT2D eigenvalue weighted by Gasteiger charge is -2.47. The first kappa shape index (κ1) is 24.6. The zero-order valence-electron chi connectivity index (χ0n) is 19.3. The Morgan fingerprint density at radius 3 is 2.16 bits per heavy atom. The van der Waals surface area contributed by atoms with Crippen molar-refractivity contribution in [3.63, 3.8) is 0 Å². The Balaban J connectivity index is 1.71. The van der Waals surface area contributed by atoms with Crippen molar-refractivity contribution >= 4 is 5.78 Å². The number of benzene rings is 2. The number of Topliss-reactive ketones (excluding diaryl/α,β-unsaturated/α-hetero) is 1. The number of ether oxygens (including phenoxy) is 4. The van der Waals surface area contributed by atoms with E-state index in [2.05, 4.69) is 0 Å². The van der Waals surface area contributed by atoms with Crippen LogP contribution in [-0.4, -0.2) is 48.2 Å². The summed E-state index contributed by atoms with van der Waals surface area (Å²) in [7, 11) is 0. The Morgan fingerprint density at radius 1 is 1.03 bits per heavy atom. The van der Waals surface area contributed by atoms with E-state index in [1.54, 1.807) is 6.92 Å². The molecule has 0 spiro atoms. The molecule has 0 amide bonds. The number of aliphatic hydroxyl groups is 1. The van der Waals surface area contributed by atoms with Gasteiger partial charge in [0.15, 0.2) is 11.6 Å². The van der Waals surface area contributed by atoms with Crippen LogP contribution in [0.4, 0.5) is 0 Å². The second kappa shape index (κ2) is 10.7.